The van der Waals surface area contributed by atoms with Crippen LogP contribution in [0.25, 0.3) is 6.08 Å². The van der Waals surface area contributed by atoms with E-state index in [0.717, 1.165) is 10.0 Å². The van der Waals surface area contributed by atoms with Crippen molar-refractivity contribution in [3.05, 3.63) is 28.2 Å². The van der Waals surface area contributed by atoms with Crippen molar-refractivity contribution >= 4 is 38.9 Å². The Morgan fingerprint density at radius 3 is 2.88 bits per heavy atom. The van der Waals surface area contributed by atoms with Crippen LogP contribution < -0.4 is 4.74 Å². The molecule has 1 aromatic carbocycles. The first-order valence-electron chi connectivity index (χ1n) is 4.91. The molecule has 0 aliphatic heterocycles. The average Bonchev–Trinajstić information content (AvgIpc) is 2.26. The Balaban J connectivity index is 2.80. The molecule has 0 fully saturated rings. The third-order valence-electron chi connectivity index (χ3n) is 1.98. The lowest BCUT2D eigenvalue weighted by atomic mass is 10.2. The minimum atomic E-state index is 0.0923. The van der Waals surface area contributed by atoms with Gasteiger partial charge in [0.1, 0.15) is 0 Å². The third kappa shape index (κ3) is 4.44. The summed E-state index contributed by atoms with van der Waals surface area (Å²) >= 11 is 4.60. The van der Waals surface area contributed by atoms with Gasteiger partial charge in [0.2, 0.25) is 0 Å². The summed E-state index contributed by atoms with van der Waals surface area (Å²) < 4.78 is 5.80. The largest absolute Gasteiger partial charge is 0.504 e. The van der Waals surface area contributed by atoms with Gasteiger partial charge in [-0.05, 0) is 17.7 Å². The van der Waals surface area contributed by atoms with E-state index >= 15 is 0 Å². The van der Waals surface area contributed by atoms with Crippen LogP contribution in [0.1, 0.15) is 12.5 Å². The fourth-order valence-electron chi connectivity index (χ4n) is 1.19. The molecule has 0 saturated carbocycles. The van der Waals surface area contributed by atoms with Gasteiger partial charge in [-0.3, -0.25) is 4.79 Å². The molecule has 0 heterocycles. The number of methoxy groups -OCH3 is 1. The quantitative estimate of drug-likeness (QED) is 0.924. The first-order chi connectivity index (χ1) is 8.04. The van der Waals surface area contributed by atoms with E-state index in [0.29, 0.717) is 11.5 Å². The van der Waals surface area contributed by atoms with Gasteiger partial charge < -0.3 is 9.84 Å². The number of hydrogen-bond donors (Lipinski definition) is 1. The molecule has 0 radical (unpaired) electrons. The maximum absolute atomic E-state index is 10.7. The van der Waals surface area contributed by atoms with Crippen LogP contribution in [0, 0.1) is 0 Å². The van der Waals surface area contributed by atoms with Gasteiger partial charge in [0.15, 0.2) is 16.6 Å². The molecule has 1 rings (SSSR count). The zero-order valence-corrected chi connectivity index (χ0v) is 12.0. The highest BCUT2D eigenvalue weighted by Crippen LogP contribution is 2.32. The monoisotopic (exact) mass is 316 g/mol. The highest BCUT2D eigenvalue weighted by molar-refractivity contribution is 9.10. The lowest BCUT2D eigenvalue weighted by molar-refractivity contribution is -0.109. The number of phenols is 1. The summed E-state index contributed by atoms with van der Waals surface area (Å²) in [6, 6.07) is 3.31. The van der Waals surface area contributed by atoms with Gasteiger partial charge in [0.25, 0.3) is 0 Å². The molecule has 0 bridgehead atoms. The molecular weight excluding hydrogens is 304 g/mol. The van der Waals surface area contributed by atoms with Crippen LogP contribution in [-0.2, 0) is 4.79 Å². The Morgan fingerprint density at radius 2 is 2.29 bits per heavy atom. The zero-order valence-electron chi connectivity index (χ0n) is 9.57. The summed E-state index contributed by atoms with van der Waals surface area (Å²) in [5.74, 6) is 1.15. The van der Waals surface area contributed by atoms with Gasteiger partial charge in [-0.15, -0.1) is 0 Å². The fraction of sp³-hybridized carbons (Fsp3) is 0.250. The standard InChI is InChI=1S/C12H13BrO3S/c1-8(14)17-5-3-4-9-6-12(16-2)11(15)7-10(9)13/h3-4,6-7,15H,5H2,1-2H3. The van der Waals surface area contributed by atoms with Crippen LogP contribution in [0.4, 0.5) is 0 Å². The maximum atomic E-state index is 10.7. The first-order valence-corrected chi connectivity index (χ1v) is 6.69. The highest BCUT2D eigenvalue weighted by Gasteiger charge is 2.05. The highest BCUT2D eigenvalue weighted by atomic mass is 79.9. The van der Waals surface area contributed by atoms with Crippen LogP contribution in [0.15, 0.2) is 22.7 Å². The van der Waals surface area contributed by atoms with Gasteiger partial charge in [-0.2, -0.15) is 0 Å². The van der Waals surface area contributed by atoms with Crippen molar-refractivity contribution in [2.45, 2.75) is 6.92 Å². The SMILES string of the molecule is COc1cc(C=CCSC(C)=O)c(Br)cc1O. The molecule has 0 aliphatic rings. The van der Waals surface area contributed by atoms with Gasteiger partial charge in [0, 0.05) is 17.1 Å². The number of phenolic OH excluding ortho intramolecular Hbond substituents is 1. The number of carbonyl (C=O) groups is 1. The minimum Gasteiger partial charge on any atom is -0.504 e. The van der Waals surface area contributed by atoms with Crippen LogP contribution >= 0.6 is 27.7 Å². The molecule has 0 aliphatic carbocycles. The van der Waals surface area contributed by atoms with E-state index in [2.05, 4.69) is 15.9 Å². The predicted molar refractivity (Wildman–Crippen MR) is 74.5 cm³/mol. The number of halogens is 1. The van der Waals surface area contributed by atoms with Gasteiger partial charge in [0.05, 0.1) is 7.11 Å². The molecule has 5 heteroatoms. The van der Waals surface area contributed by atoms with E-state index in [1.807, 2.05) is 12.2 Å². The van der Waals surface area contributed by atoms with Gasteiger partial charge in [-0.25, -0.2) is 0 Å². The van der Waals surface area contributed by atoms with E-state index in [1.54, 1.807) is 12.1 Å². The van der Waals surface area contributed by atoms with E-state index in [9.17, 15) is 9.90 Å². The second-order valence-electron chi connectivity index (χ2n) is 3.25. The molecule has 0 atom stereocenters. The zero-order chi connectivity index (χ0) is 12.8. The summed E-state index contributed by atoms with van der Waals surface area (Å²) in [6.45, 7) is 1.54. The summed E-state index contributed by atoms with van der Waals surface area (Å²) in [4.78, 5) is 10.7. The maximum Gasteiger partial charge on any atom is 0.186 e. The van der Waals surface area contributed by atoms with Gasteiger partial charge >= 0.3 is 0 Å². The van der Waals surface area contributed by atoms with Crippen molar-refractivity contribution in [2.24, 2.45) is 0 Å². The molecule has 0 aromatic heterocycles. The van der Waals surface area contributed by atoms with Crippen molar-refractivity contribution in [2.75, 3.05) is 12.9 Å². The summed E-state index contributed by atoms with van der Waals surface area (Å²) in [7, 11) is 1.50. The number of aromatic hydroxyl groups is 1. The van der Waals surface area contributed by atoms with Crippen molar-refractivity contribution in [3.8, 4) is 11.5 Å². The van der Waals surface area contributed by atoms with E-state index in [-0.39, 0.29) is 10.9 Å². The predicted octanol–water partition coefficient (Wildman–Crippen LogP) is 3.46. The number of carbonyl (C=O) groups excluding carboxylic acids is 1. The van der Waals surface area contributed by atoms with Crippen LogP contribution in [0.2, 0.25) is 0 Å². The first kappa shape index (κ1) is 14.1. The van der Waals surface area contributed by atoms with Crippen molar-refractivity contribution in [1.29, 1.82) is 0 Å². The second-order valence-corrected chi connectivity index (χ2v) is 5.30. The summed E-state index contributed by atoms with van der Waals surface area (Å²) in [5, 5.41) is 9.63. The Kier molecular flexibility index (Phi) is 5.58. The average molecular weight is 317 g/mol. The lowest BCUT2D eigenvalue weighted by Crippen LogP contribution is -1.86. The molecule has 0 saturated heterocycles. The Bertz CT molecular complexity index is 444. The van der Waals surface area contributed by atoms with E-state index in [4.69, 9.17) is 4.74 Å². The number of ether oxygens (including phenoxy) is 1. The molecule has 1 aromatic rings. The fourth-order valence-corrected chi connectivity index (χ4v) is 2.08. The lowest BCUT2D eigenvalue weighted by Gasteiger charge is -2.06. The molecule has 92 valence electrons. The summed E-state index contributed by atoms with van der Waals surface area (Å²) in [5.41, 5.74) is 0.892. The van der Waals surface area contributed by atoms with Crippen molar-refractivity contribution in [3.63, 3.8) is 0 Å². The molecular formula is C12H13BrO3S. The van der Waals surface area contributed by atoms with Gasteiger partial charge in [-0.1, -0.05) is 39.8 Å². The van der Waals surface area contributed by atoms with Crippen LogP contribution in [0.5, 0.6) is 11.5 Å². The second kappa shape index (κ2) is 6.71. The topological polar surface area (TPSA) is 46.5 Å². The minimum absolute atomic E-state index is 0.0923. The molecule has 0 spiro atoms. The molecule has 1 N–H and O–H groups in total. The van der Waals surface area contributed by atoms with Crippen molar-refractivity contribution in [1.82, 2.24) is 0 Å². The Hall–Kier alpha value is -0.940. The Labute approximate surface area is 113 Å². The normalized spacial score (nSPS) is 10.8. The summed E-state index contributed by atoms with van der Waals surface area (Å²) in [6.07, 6.45) is 3.77. The number of thioether (sulfide) groups is 1. The molecule has 0 amide bonds. The number of hydrogen-bond acceptors (Lipinski definition) is 4. The van der Waals surface area contributed by atoms with E-state index < -0.39 is 0 Å². The molecule has 3 nitrogen and oxygen atoms in total. The van der Waals surface area contributed by atoms with Crippen LogP contribution in [0.3, 0.4) is 0 Å². The van der Waals surface area contributed by atoms with Crippen LogP contribution in [-0.4, -0.2) is 23.1 Å². The van der Waals surface area contributed by atoms with E-state index in [1.165, 1.54) is 25.8 Å². The molecule has 17 heavy (non-hydrogen) atoms. The molecule has 0 unspecified atom stereocenters. The van der Waals surface area contributed by atoms with Crippen molar-refractivity contribution < 1.29 is 14.6 Å². The third-order valence-corrected chi connectivity index (χ3v) is 3.43. The number of rotatable bonds is 4. The Morgan fingerprint density at radius 1 is 1.59 bits per heavy atom. The smallest absolute Gasteiger partial charge is 0.186 e. The number of benzene rings is 1.